The number of pyridine rings is 1. The van der Waals surface area contributed by atoms with Gasteiger partial charge in [0.2, 0.25) is 0 Å². The van der Waals surface area contributed by atoms with Crippen LogP contribution in [-0.4, -0.2) is 47.1 Å². The first-order valence-corrected chi connectivity index (χ1v) is 6.23. The van der Waals surface area contributed by atoms with Crippen LogP contribution in [0.4, 0.5) is 0 Å². The van der Waals surface area contributed by atoms with Crippen LogP contribution in [0.15, 0.2) is 18.5 Å². The number of carbonyl (C=O) groups is 1. The fourth-order valence-electron chi connectivity index (χ4n) is 2.50. The average molecular weight is 249 g/mol. The zero-order valence-corrected chi connectivity index (χ0v) is 10.8. The van der Waals surface area contributed by atoms with Crippen molar-refractivity contribution in [2.24, 2.45) is 5.92 Å². The number of amides is 1. The first kappa shape index (κ1) is 12.8. The van der Waals surface area contributed by atoms with Crippen molar-refractivity contribution in [2.75, 3.05) is 20.1 Å². The van der Waals surface area contributed by atoms with Crippen LogP contribution in [0.3, 0.4) is 0 Å². The van der Waals surface area contributed by atoms with Crippen molar-refractivity contribution >= 4 is 5.91 Å². The second-order valence-electron chi connectivity index (χ2n) is 4.81. The van der Waals surface area contributed by atoms with E-state index in [-0.39, 0.29) is 11.7 Å². The molecule has 1 aliphatic rings. The summed E-state index contributed by atoms with van der Waals surface area (Å²) in [6, 6.07) is 2.02. The minimum Gasteiger partial charge on any atom is -0.505 e. The minimum atomic E-state index is -0.115. The van der Waals surface area contributed by atoms with Gasteiger partial charge in [0.1, 0.15) is 5.75 Å². The fraction of sp³-hybridized carbons (Fsp3) is 0.538. The zero-order chi connectivity index (χ0) is 13.1. The lowest BCUT2D eigenvalue weighted by Crippen LogP contribution is -2.49. The monoisotopic (exact) mass is 249 g/mol. The van der Waals surface area contributed by atoms with E-state index in [9.17, 15) is 9.90 Å². The molecule has 98 valence electrons. The quantitative estimate of drug-likeness (QED) is 0.816. The lowest BCUT2D eigenvalue weighted by molar-refractivity contribution is 0.0646. The van der Waals surface area contributed by atoms with E-state index in [0.717, 1.165) is 13.0 Å². The molecule has 0 spiro atoms. The first-order valence-electron chi connectivity index (χ1n) is 6.23. The average Bonchev–Trinajstić information content (AvgIpc) is 2.38. The van der Waals surface area contributed by atoms with Gasteiger partial charge in [0, 0.05) is 25.3 Å². The van der Waals surface area contributed by atoms with E-state index in [1.165, 1.54) is 12.4 Å². The van der Waals surface area contributed by atoms with Crippen molar-refractivity contribution < 1.29 is 9.90 Å². The summed E-state index contributed by atoms with van der Waals surface area (Å²) in [5.41, 5.74) is 0.333. The Morgan fingerprint density at radius 1 is 1.61 bits per heavy atom. The molecule has 0 aromatic carbocycles. The molecule has 0 bridgehead atoms. The normalized spacial score (nSPS) is 24.0. The Balaban J connectivity index is 2.10. The van der Waals surface area contributed by atoms with Crippen LogP contribution in [0.5, 0.6) is 5.75 Å². The number of likely N-dealkylation sites (tertiary alicyclic amines) is 1. The molecule has 2 N–H and O–H groups in total. The lowest BCUT2D eigenvalue weighted by Gasteiger charge is -2.36. The number of aromatic nitrogens is 1. The van der Waals surface area contributed by atoms with Crippen molar-refractivity contribution in [3.63, 3.8) is 0 Å². The van der Waals surface area contributed by atoms with E-state index in [1.54, 1.807) is 11.0 Å². The topological polar surface area (TPSA) is 65.5 Å². The number of rotatable bonds is 2. The van der Waals surface area contributed by atoms with Crippen LogP contribution in [0, 0.1) is 5.92 Å². The van der Waals surface area contributed by atoms with Gasteiger partial charge < -0.3 is 15.3 Å². The molecular formula is C13H19N3O2. The largest absolute Gasteiger partial charge is 0.505 e. The molecule has 1 aromatic heterocycles. The predicted molar refractivity (Wildman–Crippen MR) is 68.4 cm³/mol. The summed E-state index contributed by atoms with van der Waals surface area (Å²) in [6.45, 7) is 3.57. The summed E-state index contributed by atoms with van der Waals surface area (Å²) in [7, 11) is 1.95. The summed E-state index contributed by atoms with van der Waals surface area (Å²) >= 11 is 0. The second kappa shape index (κ2) is 5.35. The van der Waals surface area contributed by atoms with Crippen molar-refractivity contribution in [1.82, 2.24) is 15.2 Å². The molecule has 2 rings (SSSR count). The summed E-state index contributed by atoms with van der Waals surface area (Å²) in [5.74, 6) is 0.249. The molecule has 0 aliphatic carbocycles. The van der Waals surface area contributed by atoms with Gasteiger partial charge in [0.25, 0.3) is 5.91 Å². The number of hydrogen-bond acceptors (Lipinski definition) is 4. The molecule has 5 heteroatoms. The minimum absolute atomic E-state index is 0.0501. The number of nitrogens with one attached hydrogen (secondary N) is 1. The van der Waals surface area contributed by atoms with Crippen LogP contribution < -0.4 is 5.32 Å². The van der Waals surface area contributed by atoms with Crippen molar-refractivity contribution in [3.8, 4) is 5.75 Å². The van der Waals surface area contributed by atoms with Gasteiger partial charge in [0.15, 0.2) is 0 Å². The third-order valence-corrected chi connectivity index (χ3v) is 3.59. The number of carbonyl (C=O) groups excluding carboxylic acids is 1. The van der Waals surface area contributed by atoms with Gasteiger partial charge in [-0.05, 0) is 25.5 Å². The van der Waals surface area contributed by atoms with E-state index >= 15 is 0 Å². The van der Waals surface area contributed by atoms with Crippen molar-refractivity contribution in [3.05, 3.63) is 24.0 Å². The highest BCUT2D eigenvalue weighted by atomic mass is 16.3. The van der Waals surface area contributed by atoms with Crippen LogP contribution in [0.1, 0.15) is 23.7 Å². The Morgan fingerprint density at radius 2 is 2.39 bits per heavy atom. The van der Waals surface area contributed by atoms with Crippen LogP contribution in [0.2, 0.25) is 0 Å². The Kier molecular flexibility index (Phi) is 3.81. The molecule has 1 amide bonds. The summed E-state index contributed by atoms with van der Waals surface area (Å²) in [5, 5.41) is 12.9. The van der Waals surface area contributed by atoms with E-state index in [1.807, 2.05) is 7.05 Å². The standard InChI is InChI=1S/C13H19N3O2/c1-9-8-16(6-4-11(9)14-2)13(18)10-3-5-15-7-12(10)17/h3,5,7,9,11,14,17H,4,6,8H2,1-2H3. The van der Waals surface area contributed by atoms with Gasteiger partial charge in [-0.2, -0.15) is 0 Å². The van der Waals surface area contributed by atoms with Gasteiger partial charge in [-0.15, -0.1) is 0 Å². The Hall–Kier alpha value is -1.62. The Morgan fingerprint density at radius 3 is 3.00 bits per heavy atom. The molecule has 2 atom stereocenters. The highest BCUT2D eigenvalue weighted by molar-refractivity contribution is 5.96. The first-order chi connectivity index (χ1) is 8.63. The molecule has 0 radical (unpaired) electrons. The van der Waals surface area contributed by atoms with E-state index in [2.05, 4.69) is 17.2 Å². The molecule has 0 saturated carbocycles. The molecule has 1 aromatic rings. The second-order valence-corrected chi connectivity index (χ2v) is 4.81. The molecule has 1 saturated heterocycles. The zero-order valence-electron chi connectivity index (χ0n) is 10.8. The maximum Gasteiger partial charge on any atom is 0.257 e. The predicted octanol–water partition coefficient (Wildman–Crippen LogP) is 0.857. The van der Waals surface area contributed by atoms with Gasteiger partial charge in [0.05, 0.1) is 11.8 Å². The highest BCUT2D eigenvalue weighted by Gasteiger charge is 2.28. The number of hydrogen-bond donors (Lipinski definition) is 2. The van der Waals surface area contributed by atoms with Crippen LogP contribution in [0.25, 0.3) is 0 Å². The number of nitrogens with zero attached hydrogens (tertiary/aromatic N) is 2. The van der Waals surface area contributed by atoms with Gasteiger partial charge in [-0.3, -0.25) is 9.78 Å². The summed E-state index contributed by atoms with van der Waals surface area (Å²) < 4.78 is 0. The smallest absolute Gasteiger partial charge is 0.257 e. The van der Waals surface area contributed by atoms with Gasteiger partial charge >= 0.3 is 0 Å². The summed E-state index contributed by atoms with van der Waals surface area (Å²) in [4.78, 5) is 17.9. The third-order valence-electron chi connectivity index (χ3n) is 3.59. The van der Waals surface area contributed by atoms with E-state index < -0.39 is 0 Å². The SMILES string of the molecule is CNC1CCN(C(=O)c2ccncc2O)CC1C. The maximum absolute atomic E-state index is 12.3. The molecule has 1 aliphatic heterocycles. The van der Waals surface area contributed by atoms with E-state index in [4.69, 9.17) is 0 Å². The molecule has 1 fully saturated rings. The number of aromatic hydroxyl groups is 1. The van der Waals surface area contributed by atoms with Gasteiger partial charge in [-0.25, -0.2) is 0 Å². The van der Waals surface area contributed by atoms with Crippen molar-refractivity contribution in [2.45, 2.75) is 19.4 Å². The molecule has 2 unspecified atom stereocenters. The highest BCUT2D eigenvalue weighted by Crippen LogP contribution is 2.22. The molecular weight excluding hydrogens is 230 g/mol. The maximum atomic E-state index is 12.3. The fourth-order valence-corrected chi connectivity index (χ4v) is 2.50. The van der Waals surface area contributed by atoms with E-state index in [0.29, 0.717) is 24.1 Å². The van der Waals surface area contributed by atoms with Crippen molar-refractivity contribution in [1.29, 1.82) is 0 Å². The van der Waals surface area contributed by atoms with Crippen LogP contribution >= 0.6 is 0 Å². The molecule has 5 nitrogen and oxygen atoms in total. The number of piperidine rings is 1. The Bertz CT molecular complexity index is 436. The third kappa shape index (κ3) is 2.46. The van der Waals surface area contributed by atoms with Gasteiger partial charge in [-0.1, -0.05) is 6.92 Å². The molecule has 18 heavy (non-hydrogen) atoms. The van der Waals surface area contributed by atoms with Crippen LogP contribution in [-0.2, 0) is 0 Å². The Labute approximate surface area is 107 Å². The lowest BCUT2D eigenvalue weighted by atomic mass is 9.93. The molecule has 2 heterocycles. The summed E-state index contributed by atoms with van der Waals surface area (Å²) in [6.07, 6.45) is 3.77.